The molecule has 1 N–H and O–H groups in total. The topological polar surface area (TPSA) is 32.3 Å². The van der Waals surface area contributed by atoms with Gasteiger partial charge in [-0.2, -0.15) is 0 Å². The highest BCUT2D eigenvalue weighted by Crippen LogP contribution is 2.20. The van der Waals surface area contributed by atoms with Gasteiger partial charge in [0.1, 0.15) is 0 Å². The lowest BCUT2D eigenvalue weighted by molar-refractivity contribution is -0.129. The molecular formula is C14H19BrN2O. The van der Waals surface area contributed by atoms with Crippen molar-refractivity contribution in [2.24, 2.45) is 5.92 Å². The van der Waals surface area contributed by atoms with Gasteiger partial charge in [0.15, 0.2) is 0 Å². The molecule has 0 aliphatic carbocycles. The molecule has 4 heteroatoms. The zero-order valence-electron chi connectivity index (χ0n) is 10.7. The van der Waals surface area contributed by atoms with Gasteiger partial charge in [0.2, 0.25) is 5.91 Å². The summed E-state index contributed by atoms with van der Waals surface area (Å²) in [6.45, 7) is 2.79. The van der Waals surface area contributed by atoms with Crippen molar-refractivity contribution in [3.63, 3.8) is 0 Å². The van der Waals surface area contributed by atoms with Crippen LogP contribution in [0.2, 0.25) is 0 Å². The van der Waals surface area contributed by atoms with Crippen molar-refractivity contribution in [3.05, 3.63) is 34.3 Å². The normalized spacial score (nSPS) is 19.2. The van der Waals surface area contributed by atoms with E-state index in [1.165, 1.54) is 0 Å². The highest BCUT2D eigenvalue weighted by atomic mass is 79.9. The molecule has 0 saturated carbocycles. The number of amides is 1. The highest BCUT2D eigenvalue weighted by Gasteiger charge is 2.25. The lowest BCUT2D eigenvalue weighted by Gasteiger charge is -2.17. The van der Waals surface area contributed by atoms with E-state index in [-0.39, 0.29) is 5.91 Å². The zero-order chi connectivity index (χ0) is 13.0. The van der Waals surface area contributed by atoms with E-state index in [0.717, 1.165) is 36.1 Å². The Hall–Kier alpha value is -0.870. The van der Waals surface area contributed by atoms with Gasteiger partial charge in [-0.25, -0.2) is 0 Å². The van der Waals surface area contributed by atoms with E-state index in [4.69, 9.17) is 0 Å². The number of benzene rings is 1. The number of rotatable bonds is 4. The van der Waals surface area contributed by atoms with Gasteiger partial charge in [-0.15, -0.1) is 0 Å². The number of nitrogens with one attached hydrogen (secondary N) is 1. The Morgan fingerprint density at radius 3 is 3.00 bits per heavy atom. The molecule has 1 fully saturated rings. The number of likely N-dealkylation sites (tertiary alicyclic amines) is 1. The fraction of sp³-hybridized carbons (Fsp3) is 0.500. The molecule has 3 nitrogen and oxygen atoms in total. The molecule has 0 aromatic heterocycles. The second-order valence-corrected chi connectivity index (χ2v) is 5.67. The van der Waals surface area contributed by atoms with Gasteiger partial charge in [0.05, 0.1) is 6.42 Å². The quantitative estimate of drug-likeness (QED) is 0.923. The monoisotopic (exact) mass is 310 g/mol. The predicted molar refractivity (Wildman–Crippen MR) is 76.5 cm³/mol. The number of hydrogen-bond donors (Lipinski definition) is 1. The third kappa shape index (κ3) is 3.33. The van der Waals surface area contributed by atoms with Crippen LogP contribution in [0.15, 0.2) is 28.7 Å². The SMILES string of the molecule is CNC[C@@H]1CCN(C(=O)Cc2ccccc2Br)C1. The van der Waals surface area contributed by atoms with Crippen LogP contribution < -0.4 is 5.32 Å². The third-order valence-corrected chi connectivity index (χ3v) is 4.20. The van der Waals surface area contributed by atoms with E-state index in [9.17, 15) is 4.79 Å². The summed E-state index contributed by atoms with van der Waals surface area (Å²) in [6.07, 6.45) is 1.61. The minimum atomic E-state index is 0.237. The van der Waals surface area contributed by atoms with Gasteiger partial charge in [-0.3, -0.25) is 4.79 Å². The average Bonchev–Trinajstić information content (AvgIpc) is 2.81. The van der Waals surface area contributed by atoms with Crippen LogP contribution >= 0.6 is 15.9 Å². The largest absolute Gasteiger partial charge is 0.342 e. The van der Waals surface area contributed by atoms with E-state index in [0.29, 0.717) is 12.3 Å². The minimum absolute atomic E-state index is 0.237. The lowest BCUT2D eigenvalue weighted by Crippen LogP contribution is -2.31. The van der Waals surface area contributed by atoms with Crippen LogP contribution in [-0.4, -0.2) is 37.5 Å². The van der Waals surface area contributed by atoms with Gasteiger partial charge in [-0.1, -0.05) is 34.1 Å². The summed E-state index contributed by atoms with van der Waals surface area (Å²) in [7, 11) is 1.96. The molecule has 1 saturated heterocycles. The summed E-state index contributed by atoms with van der Waals surface area (Å²) in [5.41, 5.74) is 1.07. The maximum atomic E-state index is 12.2. The van der Waals surface area contributed by atoms with Crippen molar-refractivity contribution < 1.29 is 4.79 Å². The molecule has 2 rings (SSSR count). The van der Waals surface area contributed by atoms with Crippen molar-refractivity contribution in [2.45, 2.75) is 12.8 Å². The molecule has 1 atom stereocenters. The molecule has 98 valence electrons. The molecule has 18 heavy (non-hydrogen) atoms. The Labute approximate surface area is 117 Å². The van der Waals surface area contributed by atoms with Gasteiger partial charge < -0.3 is 10.2 Å². The zero-order valence-corrected chi connectivity index (χ0v) is 12.2. The smallest absolute Gasteiger partial charge is 0.227 e. The second-order valence-electron chi connectivity index (χ2n) is 4.82. The standard InChI is InChI=1S/C14H19BrN2O/c1-16-9-11-6-7-17(10-11)14(18)8-12-4-2-3-5-13(12)15/h2-5,11,16H,6-10H2,1H3/t11-/m0/s1. The number of carbonyl (C=O) groups excluding carboxylic acids is 1. The van der Waals surface area contributed by atoms with E-state index in [1.807, 2.05) is 36.2 Å². The van der Waals surface area contributed by atoms with Crippen molar-refractivity contribution in [2.75, 3.05) is 26.7 Å². The van der Waals surface area contributed by atoms with E-state index >= 15 is 0 Å². The van der Waals surface area contributed by atoms with Gasteiger partial charge in [-0.05, 0) is 37.6 Å². The fourth-order valence-corrected chi connectivity index (χ4v) is 2.86. The summed E-state index contributed by atoms with van der Waals surface area (Å²) in [5.74, 6) is 0.846. The number of hydrogen-bond acceptors (Lipinski definition) is 2. The Balaban J connectivity index is 1.91. The lowest BCUT2D eigenvalue weighted by atomic mass is 10.1. The van der Waals surface area contributed by atoms with Crippen LogP contribution in [0.4, 0.5) is 0 Å². The molecule has 1 aliphatic heterocycles. The first kappa shape index (κ1) is 13.6. The first-order chi connectivity index (χ1) is 8.70. The van der Waals surface area contributed by atoms with Gasteiger partial charge >= 0.3 is 0 Å². The van der Waals surface area contributed by atoms with Crippen molar-refractivity contribution in [1.82, 2.24) is 10.2 Å². The summed E-state index contributed by atoms with van der Waals surface area (Å²) < 4.78 is 1.02. The molecule has 0 radical (unpaired) electrons. The molecule has 1 aliphatic rings. The Bertz CT molecular complexity index is 422. The Morgan fingerprint density at radius 1 is 1.50 bits per heavy atom. The Kier molecular flexibility index (Phi) is 4.78. The average molecular weight is 311 g/mol. The van der Waals surface area contributed by atoms with Crippen LogP contribution in [0.25, 0.3) is 0 Å². The molecular weight excluding hydrogens is 292 g/mol. The second kappa shape index (κ2) is 6.34. The molecule has 0 bridgehead atoms. The third-order valence-electron chi connectivity index (χ3n) is 3.43. The fourth-order valence-electron chi connectivity index (χ4n) is 2.43. The number of nitrogens with zero attached hydrogens (tertiary/aromatic N) is 1. The van der Waals surface area contributed by atoms with E-state index in [1.54, 1.807) is 0 Å². The molecule has 1 amide bonds. The van der Waals surface area contributed by atoms with Crippen LogP contribution in [0.3, 0.4) is 0 Å². The first-order valence-corrected chi connectivity index (χ1v) is 7.15. The minimum Gasteiger partial charge on any atom is -0.342 e. The first-order valence-electron chi connectivity index (χ1n) is 6.36. The summed E-state index contributed by atoms with van der Waals surface area (Å²) in [6, 6.07) is 7.93. The highest BCUT2D eigenvalue weighted by molar-refractivity contribution is 9.10. The number of halogens is 1. The van der Waals surface area contributed by atoms with Gasteiger partial charge in [0.25, 0.3) is 0 Å². The molecule has 1 heterocycles. The van der Waals surface area contributed by atoms with Crippen molar-refractivity contribution in [3.8, 4) is 0 Å². The van der Waals surface area contributed by atoms with Gasteiger partial charge in [0, 0.05) is 17.6 Å². The Morgan fingerprint density at radius 2 is 2.28 bits per heavy atom. The van der Waals surface area contributed by atoms with Crippen LogP contribution in [0, 0.1) is 5.92 Å². The van der Waals surface area contributed by atoms with E-state index < -0.39 is 0 Å². The van der Waals surface area contributed by atoms with Crippen molar-refractivity contribution in [1.29, 1.82) is 0 Å². The maximum Gasteiger partial charge on any atom is 0.227 e. The molecule has 0 unspecified atom stereocenters. The van der Waals surface area contributed by atoms with Crippen LogP contribution in [-0.2, 0) is 11.2 Å². The molecule has 1 aromatic carbocycles. The van der Waals surface area contributed by atoms with Crippen molar-refractivity contribution >= 4 is 21.8 Å². The molecule has 0 spiro atoms. The summed E-state index contributed by atoms with van der Waals surface area (Å²) >= 11 is 3.49. The molecule has 1 aromatic rings. The van der Waals surface area contributed by atoms with Crippen LogP contribution in [0.5, 0.6) is 0 Å². The summed E-state index contributed by atoms with van der Waals surface area (Å²) in [5, 5.41) is 3.18. The van der Waals surface area contributed by atoms with Crippen LogP contribution in [0.1, 0.15) is 12.0 Å². The maximum absolute atomic E-state index is 12.2. The summed E-state index contributed by atoms with van der Waals surface area (Å²) in [4.78, 5) is 14.2. The van der Waals surface area contributed by atoms with E-state index in [2.05, 4.69) is 21.2 Å². The number of carbonyl (C=O) groups is 1. The predicted octanol–water partition coefficient (Wildman–Crippen LogP) is 2.06.